The lowest BCUT2D eigenvalue weighted by Crippen LogP contribution is -2.51. The monoisotopic (exact) mass is 297 g/mol. The van der Waals surface area contributed by atoms with Gasteiger partial charge in [-0.15, -0.1) is 5.10 Å². The first-order chi connectivity index (χ1) is 9.69. The molecule has 2 aliphatic rings. The lowest BCUT2D eigenvalue weighted by Gasteiger charge is -2.43. The van der Waals surface area contributed by atoms with Crippen LogP contribution in [0.1, 0.15) is 41.0 Å². The summed E-state index contributed by atoms with van der Waals surface area (Å²) in [6.07, 6.45) is 3.56. The molecule has 0 bridgehead atoms. The van der Waals surface area contributed by atoms with Gasteiger partial charge in [0.2, 0.25) is 0 Å². The quantitative estimate of drug-likeness (QED) is 0.891. The minimum atomic E-state index is -0.102. The molecular formula is C13H19N3O3S. The molecule has 0 radical (unpaired) electrons. The maximum atomic E-state index is 12.2. The predicted molar refractivity (Wildman–Crippen MR) is 73.9 cm³/mol. The Morgan fingerprint density at radius 2 is 2.20 bits per heavy atom. The lowest BCUT2D eigenvalue weighted by molar-refractivity contribution is -0.139. The molecule has 2 aliphatic heterocycles. The third-order valence-corrected chi connectivity index (χ3v) is 4.92. The summed E-state index contributed by atoms with van der Waals surface area (Å²) in [5.41, 5.74) is 0.593. The molecule has 1 N–H and O–H groups in total. The van der Waals surface area contributed by atoms with Crippen LogP contribution in [-0.2, 0) is 9.47 Å². The topological polar surface area (TPSA) is 73.3 Å². The van der Waals surface area contributed by atoms with Crippen LogP contribution in [0.15, 0.2) is 0 Å². The van der Waals surface area contributed by atoms with Crippen molar-refractivity contribution < 1.29 is 14.3 Å². The Morgan fingerprint density at radius 3 is 2.90 bits per heavy atom. The molecule has 2 fully saturated rings. The number of amides is 1. The van der Waals surface area contributed by atoms with E-state index in [2.05, 4.69) is 14.9 Å². The van der Waals surface area contributed by atoms with Gasteiger partial charge in [-0.2, -0.15) is 0 Å². The van der Waals surface area contributed by atoms with Gasteiger partial charge in [0.05, 0.1) is 11.3 Å². The molecule has 7 heteroatoms. The molecule has 0 aromatic carbocycles. The highest BCUT2D eigenvalue weighted by atomic mass is 32.1. The fourth-order valence-electron chi connectivity index (χ4n) is 2.93. The van der Waals surface area contributed by atoms with Crippen LogP contribution in [0.25, 0.3) is 0 Å². The van der Waals surface area contributed by atoms with E-state index >= 15 is 0 Å². The van der Waals surface area contributed by atoms with Crippen molar-refractivity contribution in [2.45, 2.75) is 44.2 Å². The summed E-state index contributed by atoms with van der Waals surface area (Å²) in [7, 11) is 0. The average Bonchev–Trinajstić information content (AvgIpc) is 2.86. The average molecular weight is 297 g/mol. The van der Waals surface area contributed by atoms with Crippen LogP contribution in [-0.4, -0.2) is 47.0 Å². The van der Waals surface area contributed by atoms with E-state index in [0.717, 1.165) is 50.4 Å². The molecule has 20 heavy (non-hydrogen) atoms. The normalized spacial score (nSPS) is 25.6. The summed E-state index contributed by atoms with van der Waals surface area (Å²) in [5, 5.41) is 6.98. The first kappa shape index (κ1) is 13.9. The van der Waals surface area contributed by atoms with Crippen molar-refractivity contribution in [3.63, 3.8) is 0 Å². The number of hydrogen-bond donors (Lipinski definition) is 1. The summed E-state index contributed by atoms with van der Waals surface area (Å²) in [5.74, 6) is -0.0633. The molecule has 1 unspecified atom stereocenters. The van der Waals surface area contributed by atoms with E-state index in [4.69, 9.17) is 9.47 Å². The first-order valence-electron chi connectivity index (χ1n) is 7.00. The zero-order valence-electron chi connectivity index (χ0n) is 11.6. The van der Waals surface area contributed by atoms with Gasteiger partial charge >= 0.3 is 0 Å². The van der Waals surface area contributed by atoms with Crippen LogP contribution in [0.3, 0.4) is 0 Å². The highest BCUT2D eigenvalue weighted by Crippen LogP contribution is 2.34. The number of hydrogen-bond acceptors (Lipinski definition) is 6. The molecule has 3 heterocycles. The molecule has 0 saturated carbocycles. The maximum absolute atomic E-state index is 12.2. The summed E-state index contributed by atoms with van der Waals surface area (Å²) < 4.78 is 15.2. The van der Waals surface area contributed by atoms with Crippen LogP contribution in [0.5, 0.6) is 0 Å². The van der Waals surface area contributed by atoms with Crippen molar-refractivity contribution in [3.8, 4) is 0 Å². The summed E-state index contributed by atoms with van der Waals surface area (Å²) >= 11 is 1.15. The highest BCUT2D eigenvalue weighted by molar-refractivity contribution is 7.08. The van der Waals surface area contributed by atoms with E-state index in [1.807, 2.05) is 6.92 Å². The Labute approximate surface area is 122 Å². The fourth-order valence-corrected chi connectivity index (χ4v) is 3.49. The second-order valence-electron chi connectivity index (χ2n) is 5.49. The van der Waals surface area contributed by atoms with E-state index in [0.29, 0.717) is 17.2 Å². The van der Waals surface area contributed by atoms with Crippen molar-refractivity contribution in [2.24, 2.45) is 0 Å². The molecule has 1 aromatic heterocycles. The molecule has 1 aromatic rings. The van der Waals surface area contributed by atoms with Crippen LogP contribution in [0.2, 0.25) is 0 Å². The van der Waals surface area contributed by atoms with Crippen molar-refractivity contribution in [1.82, 2.24) is 14.9 Å². The van der Waals surface area contributed by atoms with E-state index in [9.17, 15) is 4.79 Å². The second-order valence-corrected chi connectivity index (χ2v) is 6.25. The third-order valence-electron chi connectivity index (χ3n) is 4.09. The van der Waals surface area contributed by atoms with Gasteiger partial charge in [-0.25, -0.2) is 0 Å². The standard InChI is InChI=1S/C13H19N3O3S/c1-9-11(20-16-15-9)12(17)14-10-2-5-19-13(8-10)3-6-18-7-4-13/h10H,2-8H2,1H3,(H,14,17). The second kappa shape index (κ2) is 5.75. The number of ether oxygens (including phenoxy) is 2. The zero-order chi connectivity index (χ0) is 14.0. The molecule has 3 rings (SSSR count). The van der Waals surface area contributed by atoms with Crippen LogP contribution in [0, 0.1) is 6.92 Å². The maximum Gasteiger partial charge on any atom is 0.265 e. The number of aromatic nitrogens is 2. The Bertz CT molecular complexity index is 479. The van der Waals surface area contributed by atoms with Crippen molar-refractivity contribution in [2.75, 3.05) is 19.8 Å². The Morgan fingerprint density at radius 1 is 1.40 bits per heavy atom. The Balaban J connectivity index is 1.63. The van der Waals surface area contributed by atoms with Crippen LogP contribution < -0.4 is 5.32 Å². The van der Waals surface area contributed by atoms with Crippen LogP contribution in [0.4, 0.5) is 0 Å². The number of nitrogens with one attached hydrogen (secondary N) is 1. The van der Waals surface area contributed by atoms with Crippen molar-refractivity contribution >= 4 is 17.4 Å². The first-order valence-corrected chi connectivity index (χ1v) is 7.77. The number of carbonyl (C=O) groups excluding carboxylic acids is 1. The molecule has 2 saturated heterocycles. The molecule has 110 valence electrons. The largest absolute Gasteiger partial charge is 0.381 e. The van der Waals surface area contributed by atoms with E-state index < -0.39 is 0 Å². The number of aryl methyl sites for hydroxylation is 1. The van der Waals surface area contributed by atoms with Gasteiger partial charge in [-0.3, -0.25) is 4.79 Å². The van der Waals surface area contributed by atoms with Crippen molar-refractivity contribution in [1.29, 1.82) is 0 Å². The minimum Gasteiger partial charge on any atom is -0.381 e. The van der Waals surface area contributed by atoms with E-state index in [1.54, 1.807) is 0 Å². The number of nitrogens with zero attached hydrogens (tertiary/aromatic N) is 2. The molecule has 1 atom stereocenters. The van der Waals surface area contributed by atoms with Crippen LogP contribution >= 0.6 is 11.5 Å². The van der Waals surface area contributed by atoms with Gasteiger partial charge < -0.3 is 14.8 Å². The predicted octanol–water partition coefficient (Wildman–Crippen LogP) is 1.30. The van der Waals surface area contributed by atoms with Gasteiger partial charge in [0.25, 0.3) is 5.91 Å². The zero-order valence-corrected chi connectivity index (χ0v) is 12.4. The molecule has 1 amide bonds. The SMILES string of the molecule is Cc1nnsc1C(=O)NC1CCOC2(CCOCC2)C1. The molecule has 0 aliphatic carbocycles. The van der Waals surface area contributed by atoms with Gasteiger partial charge in [0.1, 0.15) is 4.88 Å². The Hall–Kier alpha value is -1.05. The fraction of sp³-hybridized carbons (Fsp3) is 0.769. The van der Waals surface area contributed by atoms with E-state index in [1.165, 1.54) is 0 Å². The Kier molecular flexibility index (Phi) is 4.00. The lowest BCUT2D eigenvalue weighted by atomic mass is 9.84. The smallest absolute Gasteiger partial charge is 0.265 e. The summed E-state index contributed by atoms with van der Waals surface area (Å²) in [6.45, 7) is 4.00. The highest BCUT2D eigenvalue weighted by Gasteiger charge is 2.39. The molecule has 6 nitrogen and oxygen atoms in total. The third kappa shape index (κ3) is 2.84. The van der Waals surface area contributed by atoms with Gasteiger partial charge in [-0.1, -0.05) is 4.49 Å². The summed E-state index contributed by atoms with van der Waals surface area (Å²) in [4.78, 5) is 12.8. The number of rotatable bonds is 2. The van der Waals surface area contributed by atoms with E-state index in [-0.39, 0.29) is 17.6 Å². The molecule has 1 spiro atoms. The molecular weight excluding hydrogens is 278 g/mol. The van der Waals surface area contributed by atoms with Gasteiger partial charge in [-0.05, 0) is 44.1 Å². The van der Waals surface area contributed by atoms with Gasteiger partial charge in [0.15, 0.2) is 0 Å². The minimum absolute atomic E-state index is 0.0633. The van der Waals surface area contributed by atoms with Gasteiger partial charge in [0, 0.05) is 25.9 Å². The number of carbonyl (C=O) groups is 1. The van der Waals surface area contributed by atoms with Crippen molar-refractivity contribution in [3.05, 3.63) is 10.6 Å². The summed E-state index contributed by atoms with van der Waals surface area (Å²) in [6, 6.07) is 0.163.